The van der Waals surface area contributed by atoms with Gasteiger partial charge in [0.05, 0.1) is 0 Å². The van der Waals surface area contributed by atoms with Crippen LogP contribution in [0.2, 0.25) is 0 Å². The minimum absolute atomic E-state index is 0.0578. The van der Waals surface area contributed by atoms with Crippen molar-refractivity contribution in [1.29, 1.82) is 0 Å². The van der Waals surface area contributed by atoms with E-state index in [1.807, 2.05) is 0 Å². The SMILES string of the molecule is CC(C)(c1nnc(C(=O)N2CCCC2)o1)S(C)(=O)=O. The van der Waals surface area contributed by atoms with Crippen molar-refractivity contribution in [3.8, 4) is 0 Å². The molecule has 0 N–H and O–H groups in total. The third-order valence-corrected chi connectivity index (χ3v) is 5.47. The van der Waals surface area contributed by atoms with Gasteiger partial charge in [-0.2, -0.15) is 0 Å². The minimum atomic E-state index is -3.41. The Bertz CT molecular complexity index is 585. The van der Waals surface area contributed by atoms with Gasteiger partial charge in [-0.25, -0.2) is 8.42 Å². The molecule has 8 heteroatoms. The van der Waals surface area contributed by atoms with Gasteiger partial charge in [-0.1, -0.05) is 0 Å². The smallest absolute Gasteiger partial charge is 0.311 e. The maximum Gasteiger partial charge on any atom is 0.311 e. The van der Waals surface area contributed by atoms with Crippen LogP contribution in [0.4, 0.5) is 0 Å². The zero-order valence-corrected chi connectivity index (χ0v) is 12.0. The van der Waals surface area contributed by atoms with Crippen molar-refractivity contribution in [3.05, 3.63) is 11.8 Å². The second-order valence-corrected chi connectivity index (χ2v) is 7.76. The molecule has 0 radical (unpaired) electrons. The molecule has 0 unspecified atom stereocenters. The fourth-order valence-electron chi connectivity index (χ4n) is 1.77. The molecule has 0 aromatic carbocycles. The molecule has 0 aliphatic carbocycles. The number of rotatable bonds is 3. The lowest BCUT2D eigenvalue weighted by Crippen LogP contribution is -2.29. The predicted octanol–water partition coefficient (Wildman–Crippen LogP) is 0.585. The van der Waals surface area contributed by atoms with Gasteiger partial charge in [0.25, 0.3) is 0 Å². The lowest BCUT2D eigenvalue weighted by molar-refractivity contribution is 0.0750. The molecule has 106 valence electrons. The second kappa shape index (κ2) is 4.59. The molecular formula is C11H17N3O4S. The Hall–Kier alpha value is -1.44. The number of hydrogen-bond donors (Lipinski definition) is 0. The van der Waals surface area contributed by atoms with E-state index in [9.17, 15) is 13.2 Å². The maximum atomic E-state index is 12.0. The summed E-state index contributed by atoms with van der Waals surface area (Å²) in [6.45, 7) is 4.29. The Morgan fingerprint density at radius 2 is 1.84 bits per heavy atom. The van der Waals surface area contributed by atoms with Crippen LogP contribution >= 0.6 is 0 Å². The Morgan fingerprint density at radius 1 is 1.26 bits per heavy atom. The van der Waals surface area contributed by atoms with E-state index < -0.39 is 14.6 Å². The summed E-state index contributed by atoms with van der Waals surface area (Å²) in [5.41, 5.74) is 0. The Kier molecular flexibility index (Phi) is 3.38. The van der Waals surface area contributed by atoms with Gasteiger partial charge >= 0.3 is 11.8 Å². The Balaban J connectivity index is 2.26. The normalized spacial score (nSPS) is 16.9. The summed E-state index contributed by atoms with van der Waals surface area (Å²) in [6, 6.07) is 0. The molecule has 0 atom stereocenters. The number of amides is 1. The highest BCUT2D eigenvalue weighted by Gasteiger charge is 2.39. The van der Waals surface area contributed by atoms with Crippen molar-refractivity contribution >= 4 is 15.7 Å². The van der Waals surface area contributed by atoms with E-state index in [4.69, 9.17) is 4.42 Å². The fraction of sp³-hybridized carbons (Fsp3) is 0.727. The molecule has 0 spiro atoms. The van der Waals surface area contributed by atoms with Crippen molar-refractivity contribution in [2.75, 3.05) is 19.3 Å². The molecule has 2 rings (SSSR count). The van der Waals surface area contributed by atoms with Crippen molar-refractivity contribution in [2.45, 2.75) is 31.4 Å². The van der Waals surface area contributed by atoms with Crippen LogP contribution in [0.15, 0.2) is 4.42 Å². The molecule has 7 nitrogen and oxygen atoms in total. The first kappa shape index (κ1) is 14.0. The van der Waals surface area contributed by atoms with Crippen LogP contribution in [0, 0.1) is 0 Å². The molecule has 19 heavy (non-hydrogen) atoms. The van der Waals surface area contributed by atoms with Gasteiger partial charge in [0, 0.05) is 19.3 Å². The Morgan fingerprint density at radius 3 is 2.37 bits per heavy atom. The van der Waals surface area contributed by atoms with Crippen LogP contribution in [0.3, 0.4) is 0 Å². The first-order chi connectivity index (χ1) is 8.73. The molecule has 1 aliphatic rings. The van der Waals surface area contributed by atoms with Gasteiger partial charge in [-0.15, -0.1) is 10.2 Å². The molecule has 1 aromatic heterocycles. The van der Waals surface area contributed by atoms with Crippen LogP contribution in [0.5, 0.6) is 0 Å². The fourth-order valence-corrected chi connectivity index (χ4v) is 2.17. The van der Waals surface area contributed by atoms with Crippen LogP contribution in [-0.2, 0) is 14.6 Å². The summed E-state index contributed by atoms with van der Waals surface area (Å²) in [6.07, 6.45) is 3.02. The summed E-state index contributed by atoms with van der Waals surface area (Å²) in [5.74, 6) is -0.535. The standard InChI is InChI=1S/C11H17N3O4S/c1-11(2,19(3,16)17)10-13-12-8(18-10)9(15)14-6-4-5-7-14/h4-7H2,1-3H3. The molecule has 1 aromatic rings. The van der Waals surface area contributed by atoms with E-state index in [1.165, 1.54) is 13.8 Å². The quantitative estimate of drug-likeness (QED) is 0.807. The average Bonchev–Trinajstić information content (AvgIpc) is 2.98. The predicted molar refractivity (Wildman–Crippen MR) is 67.3 cm³/mol. The molecular weight excluding hydrogens is 270 g/mol. The van der Waals surface area contributed by atoms with E-state index in [-0.39, 0.29) is 17.7 Å². The monoisotopic (exact) mass is 287 g/mol. The van der Waals surface area contributed by atoms with Crippen molar-refractivity contribution in [1.82, 2.24) is 15.1 Å². The Labute approximate surface area is 111 Å². The first-order valence-corrected chi connectivity index (χ1v) is 7.95. The summed E-state index contributed by atoms with van der Waals surface area (Å²) < 4.78 is 27.3. The van der Waals surface area contributed by atoms with Crippen LogP contribution in [0.25, 0.3) is 0 Å². The number of aromatic nitrogens is 2. The van der Waals surface area contributed by atoms with Crippen LogP contribution < -0.4 is 0 Å². The van der Waals surface area contributed by atoms with Gasteiger partial charge < -0.3 is 9.32 Å². The number of carbonyl (C=O) groups is 1. The average molecular weight is 287 g/mol. The highest BCUT2D eigenvalue weighted by Crippen LogP contribution is 2.28. The number of hydrogen-bond acceptors (Lipinski definition) is 6. The third-order valence-electron chi connectivity index (χ3n) is 3.44. The number of likely N-dealkylation sites (tertiary alicyclic amines) is 1. The van der Waals surface area contributed by atoms with Crippen LogP contribution in [0.1, 0.15) is 43.3 Å². The molecule has 0 saturated carbocycles. The third kappa shape index (κ3) is 2.49. The summed E-state index contributed by atoms with van der Waals surface area (Å²) in [7, 11) is -3.41. The van der Waals surface area contributed by atoms with E-state index in [0.717, 1.165) is 19.1 Å². The molecule has 1 aliphatic heterocycles. The second-order valence-electron chi connectivity index (χ2n) is 5.19. The van der Waals surface area contributed by atoms with Crippen molar-refractivity contribution in [2.24, 2.45) is 0 Å². The van der Waals surface area contributed by atoms with E-state index >= 15 is 0 Å². The van der Waals surface area contributed by atoms with E-state index in [0.29, 0.717) is 13.1 Å². The lowest BCUT2D eigenvalue weighted by atomic mass is 10.2. The molecule has 1 fully saturated rings. The zero-order valence-electron chi connectivity index (χ0n) is 11.2. The summed E-state index contributed by atoms with van der Waals surface area (Å²) in [4.78, 5) is 13.6. The molecule has 1 saturated heterocycles. The zero-order chi connectivity index (χ0) is 14.3. The van der Waals surface area contributed by atoms with Gasteiger partial charge in [0.15, 0.2) is 9.84 Å². The summed E-state index contributed by atoms with van der Waals surface area (Å²) >= 11 is 0. The maximum absolute atomic E-state index is 12.0. The minimum Gasteiger partial charge on any atom is -0.415 e. The largest absolute Gasteiger partial charge is 0.415 e. The topological polar surface area (TPSA) is 93.4 Å². The molecule has 0 bridgehead atoms. The van der Waals surface area contributed by atoms with Gasteiger partial charge in [0.1, 0.15) is 4.75 Å². The van der Waals surface area contributed by atoms with Gasteiger partial charge in [-0.3, -0.25) is 4.79 Å². The van der Waals surface area contributed by atoms with Gasteiger partial charge in [-0.05, 0) is 26.7 Å². The highest BCUT2D eigenvalue weighted by molar-refractivity contribution is 7.91. The lowest BCUT2D eigenvalue weighted by Gasteiger charge is -2.17. The number of nitrogens with zero attached hydrogens (tertiary/aromatic N) is 3. The highest BCUT2D eigenvalue weighted by atomic mass is 32.2. The van der Waals surface area contributed by atoms with Gasteiger partial charge in [0.2, 0.25) is 5.89 Å². The van der Waals surface area contributed by atoms with E-state index in [2.05, 4.69) is 10.2 Å². The molecule has 1 amide bonds. The first-order valence-electron chi connectivity index (χ1n) is 6.06. The van der Waals surface area contributed by atoms with Crippen LogP contribution in [-0.4, -0.2) is 48.8 Å². The summed E-state index contributed by atoms with van der Waals surface area (Å²) in [5, 5.41) is 7.37. The number of carbonyl (C=O) groups excluding carboxylic acids is 1. The van der Waals surface area contributed by atoms with Crippen molar-refractivity contribution < 1.29 is 17.6 Å². The molecule has 2 heterocycles. The van der Waals surface area contributed by atoms with Crippen molar-refractivity contribution in [3.63, 3.8) is 0 Å². The van der Waals surface area contributed by atoms with E-state index in [1.54, 1.807) is 4.90 Å². The number of sulfone groups is 1.